The maximum Gasteiger partial charge on any atom is 0.338 e. The molecule has 0 spiro atoms. The number of carbonyl (C=O) groups excluding carboxylic acids is 1. The molecule has 23 heavy (non-hydrogen) atoms. The van der Waals surface area contributed by atoms with Gasteiger partial charge in [0.15, 0.2) is 0 Å². The highest BCUT2D eigenvalue weighted by molar-refractivity contribution is 5.89. The zero-order chi connectivity index (χ0) is 16.4. The zero-order valence-electron chi connectivity index (χ0n) is 12.2. The van der Waals surface area contributed by atoms with Gasteiger partial charge in [-0.1, -0.05) is 30.3 Å². The van der Waals surface area contributed by atoms with E-state index in [1.807, 2.05) is 6.07 Å². The molecule has 3 rings (SSSR count). The molecule has 0 unspecified atom stereocenters. The summed E-state index contributed by atoms with van der Waals surface area (Å²) in [5.41, 5.74) is 0.572. The van der Waals surface area contributed by atoms with Crippen LogP contribution in [-0.2, 0) is 4.74 Å². The standard InChI is InChI=1S/C18H15F3O2/c19-16-10-12(6-7-15(16)17(20)21)13-8-14(9-13)23-18(22)11-4-2-1-3-5-11/h1-7,10,13-14,17H,8-9H2/t13-,14-. The molecule has 0 heterocycles. The molecule has 0 radical (unpaired) electrons. The third-order valence-corrected chi connectivity index (χ3v) is 4.11. The summed E-state index contributed by atoms with van der Waals surface area (Å²) in [4.78, 5) is 11.9. The van der Waals surface area contributed by atoms with E-state index in [1.54, 1.807) is 24.3 Å². The van der Waals surface area contributed by atoms with Crippen LogP contribution in [0.25, 0.3) is 0 Å². The van der Waals surface area contributed by atoms with E-state index in [-0.39, 0.29) is 18.0 Å². The summed E-state index contributed by atoms with van der Waals surface area (Å²) in [6.45, 7) is 0. The van der Waals surface area contributed by atoms with Crippen molar-refractivity contribution < 1.29 is 22.7 Å². The Morgan fingerprint density at radius 2 is 1.78 bits per heavy atom. The Kier molecular flexibility index (Phi) is 4.37. The fourth-order valence-electron chi connectivity index (χ4n) is 2.70. The molecule has 2 aromatic rings. The predicted octanol–water partition coefficient (Wildman–Crippen LogP) is 4.87. The lowest BCUT2D eigenvalue weighted by atomic mass is 9.77. The number of hydrogen-bond donors (Lipinski definition) is 0. The molecular formula is C18H15F3O2. The maximum absolute atomic E-state index is 13.6. The van der Waals surface area contributed by atoms with Gasteiger partial charge in [0.05, 0.1) is 11.1 Å². The first kappa shape index (κ1) is 15.6. The van der Waals surface area contributed by atoms with Crippen LogP contribution >= 0.6 is 0 Å². The number of halogens is 3. The third-order valence-electron chi connectivity index (χ3n) is 4.11. The molecule has 0 N–H and O–H groups in total. The first-order valence-corrected chi connectivity index (χ1v) is 7.38. The molecule has 0 saturated heterocycles. The van der Waals surface area contributed by atoms with Crippen LogP contribution in [0.2, 0.25) is 0 Å². The average Bonchev–Trinajstić information content (AvgIpc) is 2.50. The van der Waals surface area contributed by atoms with Crippen molar-refractivity contribution in [3.05, 3.63) is 71.0 Å². The fraction of sp³-hybridized carbons (Fsp3) is 0.278. The van der Waals surface area contributed by atoms with E-state index < -0.39 is 17.8 Å². The zero-order valence-corrected chi connectivity index (χ0v) is 12.2. The van der Waals surface area contributed by atoms with Gasteiger partial charge in [-0.25, -0.2) is 18.0 Å². The van der Waals surface area contributed by atoms with Crippen molar-refractivity contribution in [2.24, 2.45) is 0 Å². The van der Waals surface area contributed by atoms with Crippen molar-refractivity contribution in [2.75, 3.05) is 0 Å². The largest absolute Gasteiger partial charge is 0.459 e. The van der Waals surface area contributed by atoms with E-state index in [0.29, 0.717) is 24.0 Å². The molecule has 2 nitrogen and oxygen atoms in total. The van der Waals surface area contributed by atoms with Crippen LogP contribution in [0, 0.1) is 5.82 Å². The summed E-state index contributed by atoms with van der Waals surface area (Å²) in [6.07, 6.45) is -1.88. The molecule has 5 heteroatoms. The Morgan fingerprint density at radius 3 is 2.39 bits per heavy atom. The van der Waals surface area contributed by atoms with Crippen LogP contribution in [0.3, 0.4) is 0 Å². The SMILES string of the molecule is O=C(O[C@H]1C[C@H](c2ccc(C(F)F)c(F)c2)C1)c1ccccc1. The van der Waals surface area contributed by atoms with Crippen LogP contribution in [0.1, 0.15) is 46.7 Å². The van der Waals surface area contributed by atoms with Crippen molar-refractivity contribution in [1.29, 1.82) is 0 Å². The van der Waals surface area contributed by atoms with Gasteiger partial charge in [0.1, 0.15) is 11.9 Å². The quantitative estimate of drug-likeness (QED) is 0.752. The highest BCUT2D eigenvalue weighted by Gasteiger charge is 2.34. The molecule has 0 amide bonds. The number of ether oxygens (including phenoxy) is 1. The summed E-state index contributed by atoms with van der Waals surface area (Å²) >= 11 is 0. The van der Waals surface area contributed by atoms with Gasteiger partial charge in [-0.2, -0.15) is 0 Å². The van der Waals surface area contributed by atoms with Crippen molar-refractivity contribution in [3.8, 4) is 0 Å². The number of esters is 1. The normalized spacial score (nSPS) is 20.2. The van der Waals surface area contributed by atoms with E-state index in [9.17, 15) is 18.0 Å². The highest BCUT2D eigenvalue weighted by Crippen LogP contribution is 2.40. The molecule has 1 aliphatic carbocycles. The number of carbonyl (C=O) groups is 1. The lowest BCUT2D eigenvalue weighted by Crippen LogP contribution is -2.32. The average molecular weight is 320 g/mol. The summed E-state index contributed by atoms with van der Waals surface area (Å²) in [6, 6.07) is 12.5. The van der Waals surface area contributed by atoms with Crippen LogP contribution in [0.4, 0.5) is 13.2 Å². The minimum absolute atomic E-state index is 0.0322. The molecule has 2 aromatic carbocycles. The minimum Gasteiger partial charge on any atom is -0.459 e. The maximum atomic E-state index is 13.6. The van der Waals surface area contributed by atoms with Crippen LogP contribution in [0.15, 0.2) is 48.5 Å². The fourth-order valence-corrected chi connectivity index (χ4v) is 2.70. The number of alkyl halides is 2. The van der Waals surface area contributed by atoms with E-state index in [0.717, 1.165) is 12.1 Å². The van der Waals surface area contributed by atoms with E-state index in [2.05, 4.69) is 0 Å². The topological polar surface area (TPSA) is 26.3 Å². The number of benzene rings is 2. The molecular weight excluding hydrogens is 305 g/mol. The van der Waals surface area contributed by atoms with Crippen molar-refractivity contribution in [1.82, 2.24) is 0 Å². The number of hydrogen-bond acceptors (Lipinski definition) is 2. The molecule has 1 saturated carbocycles. The molecule has 0 aliphatic heterocycles. The first-order chi connectivity index (χ1) is 11.0. The van der Waals surface area contributed by atoms with Gasteiger partial charge in [0.2, 0.25) is 0 Å². The van der Waals surface area contributed by atoms with Gasteiger partial charge in [-0.15, -0.1) is 0 Å². The molecule has 120 valence electrons. The Labute approximate surface area is 131 Å². The first-order valence-electron chi connectivity index (χ1n) is 7.38. The van der Waals surface area contributed by atoms with Crippen LogP contribution in [-0.4, -0.2) is 12.1 Å². The second kappa shape index (κ2) is 6.44. The molecule has 0 bridgehead atoms. The van der Waals surface area contributed by atoms with E-state index in [1.165, 1.54) is 6.07 Å². The third kappa shape index (κ3) is 3.38. The lowest BCUT2D eigenvalue weighted by molar-refractivity contribution is 0.00203. The Bertz CT molecular complexity index is 695. The van der Waals surface area contributed by atoms with Crippen LogP contribution in [0.5, 0.6) is 0 Å². The summed E-state index contributed by atoms with van der Waals surface area (Å²) in [5, 5.41) is 0. The van der Waals surface area contributed by atoms with Crippen LogP contribution < -0.4 is 0 Å². The molecule has 0 atom stereocenters. The van der Waals surface area contributed by atoms with Crippen molar-refractivity contribution >= 4 is 5.97 Å². The summed E-state index contributed by atoms with van der Waals surface area (Å²) in [5.74, 6) is -1.24. The van der Waals surface area contributed by atoms with E-state index >= 15 is 0 Å². The molecule has 1 fully saturated rings. The van der Waals surface area contributed by atoms with Crippen molar-refractivity contribution in [3.63, 3.8) is 0 Å². The molecule has 1 aliphatic rings. The predicted molar refractivity (Wildman–Crippen MR) is 79.0 cm³/mol. The lowest BCUT2D eigenvalue weighted by Gasteiger charge is -2.35. The number of rotatable bonds is 4. The summed E-state index contributed by atoms with van der Waals surface area (Å²) in [7, 11) is 0. The monoisotopic (exact) mass is 320 g/mol. The minimum atomic E-state index is -2.81. The smallest absolute Gasteiger partial charge is 0.338 e. The van der Waals surface area contributed by atoms with Gasteiger partial charge >= 0.3 is 5.97 Å². The van der Waals surface area contributed by atoms with Gasteiger partial charge < -0.3 is 4.74 Å². The Hall–Kier alpha value is -2.30. The highest BCUT2D eigenvalue weighted by atomic mass is 19.3. The van der Waals surface area contributed by atoms with Gasteiger partial charge in [-0.05, 0) is 42.5 Å². The van der Waals surface area contributed by atoms with Crippen molar-refractivity contribution in [2.45, 2.75) is 31.3 Å². The molecule has 0 aromatic heterocycles. The Balaban J connectivity index is 1.57. The van der Waals surface area contributed by atoms with E-state index in [4.69, 9.17) is 4.74 Å². The van der Waals surface area contributed by atoms with Gasteiger partial charge in [0.25, 0.3) is 6.43 Å². The second-order valence-corrected chi connectivity index (χ2v) is 5.64. The second-order valence-electron chi connectivity index (χ2n) is 5.64. The van der Waals surface area contributed by atoms with Gasteiger partial charge in [0, 0.05) is 0 Å². The Morgan fingerprint density at radius 1 is 1.09 bits per heavy atom. The summed E-state index contributed by atoms with van der Waals surface area (Å²) < 4.78 is 44.0. The van der Waals surface area contributed by atoms with Gasteiger partial charge in [-0.3, -0.25) is 0 Å².